The van der Waals surface area contributed by atoms with Gasteiger partial charge in [0.15, 0.2) is 0 Å². The Morgan fingerprint density at radius 1 is 1.50 bits per heavy atom. The maximum atomic E-state index is 12.2. The van der Waals surface area contributed by atoms with Gasteiger partial charge in [0.2, 0.25) is 5.91 Å². The van der Waals surface area contributed by atoms with Crippen LogP contribution in [0.25, 0.3) is 0 Å². The van der Waals surface area contributed by atoms with Gasteiger partial charge in [-0.25, -0.2) is 0 Å². The summed E-state index contributed by atoms with van der Waals surface area (Å²) in [6, 6.07) is 5.48. The van der Waals surface area contributed by atoms with E-state index in [0.717, 1.165) is 25.2 Å². The van der Waals surface area contributed by atoms with Gasteiger partial charge in [-0.15, -0.1) is 0 Å². The van der Waals surface area contributed by atoms with Crippen molar-refractivity contribution in [1.29, 1.82) is 0 Å². The standard InChI is InChI=1S/C13H16Cl2N2O/c1-9-8-16-4-5-17(9)13(18)6-10-2-3-11(14)7-12(10)15/h2-3,7,9,16H,4-6,8H2,1H3. The van der Waals surface area contributed by atoms with Crippen molar-refractivity contribution in [2.24, 2.45) is 0 Å². The van der Waals surface area contributed by atoms with Crippen LogP contribution in [0.2, 0.25) is 10.0 Å². The van der Waals surface area contributed by atoms with Crippen molar-refractivity contribution in [2.75, 3.05) is 19.6 Å². The van der Waals surface area contributed by atoms with Crippen molar-refractivity contribution >= 4 is 29.1 Å². The molecule has 18 heavy (non-hydrogen) atoms. The third-order valence-electron chi connectivity index (χ3n) is 3.18. The lowest BCUT2D eigenvalue weighted by Gasteiger charge is -2.34. The van der Waals surface area contributed by atoms with Crippen LogP contribution in [0.3, 0.4) is 0 Å². The van der Waals surface area contributed by atoms with Gasteiger partial charge >= 0.3 is 0 Å². The maximum Gasteiger partial charge on any atom is 0.227 e. The fourth-order valence-electron chi connectivity index (χ4n) is 2.14. The van der Waals surface area contributed by atoms with Gasteiger partial charge in [-0.3, -0.25) is 4.79 Å². The molecule has 1 unspecified atom stereocenters. The molecule has 2 rings (SSSR count). The zero-order chi connectivity index (χ0) is 13.1. The second kappa shape index (κ2) is 5.91. The third kappa shape index (κ3) is 3.16. The smallest absolute Gasteiger partial charge is 0.227 e. The molecule has 3 nitrogen and oxygen atoms in total. The van der Waals surface area contributed by atoms with Crippen molar-refractivity contribution in [1.82, 2.24) is 10.2 Å². The zero-order valence-corrected chi connectivity index (χ0v) is 11.8. The van der Waals surface area contributed by atoms with Gasteiger partial charge in [-0.05, 0) is 24.6 Å². The molecular weight excluding hydrogens is 271 g/mol. The lowest BCUT2D eigenvalue weighted by atomic mass is 10.1. The van der Waals surface area contributed by atoms with Crippen LogP contribution in [-0.4, -0.2) is 36.5 Å². The molecule has 1 amide bonds. The second-order valence-corrected chi connectivity index (χ2v) is 5.40. The molecule has 1 atom stereocenters. The fraction of sp³-hybridized carbons (Fsp3) is 0.462. The highest BCUT2D eigenvalue weighted by molar-refractivity contribution is 6.35. The van der Waals surface area contributed by atoms with Crippen molar-refractivity contribution < 1.29 is 4.79 Å². The molecule has 1 fully saturated rings. The quantitative estimate of drug-likeness (QED) is 0.905. The van der Waals surface area contributed by atoms with E-state index in [1.165, 1.54) is 0 Å². The number of carbonyl (C=O) groups excluding carboxylic acids is 1. The molecule has 0 spiro atoms. The van der Waals surface area contributed by atoms with Gasteiger partial charge in [-0.2, -0.15) is 0 Å². The number of rotatable bonds is 2. The first-order chi connectivity index (χ1) is 8.58. The molecule has 1 heterocycles. The first-order valence-corrected chi connectivity index (χ1v) is 6.77. The molecule has 0 bridgehead atoms. The summed E-state index contributed by atoms with van der Waals surface area (Å²) in [7, 11) is 0. The number of piperazine rings is 1. The molecule has 1 aliphatic rings. The van der Waals surface area contributed by atoms with E-state index in [0.29, 0.717) is 16.5 Å². The number of carbonyl (C=O) groups is 1. The van der Waals surface area contributed by atoms with Gasteiger partial charge in [0, 0.05) is 35.7 Å². The lowest BCUT2D eigenvalue weighted by molar-refractivity contribution is -0.133. The number of amides is 1. The average molecular weight is 287 g/mol. The minimum Gasteiger partial charge on any atom is -0.337 e. The molecule has 1 N–H and O–H groups in total. The monoisotopic (exact) mass is 286 g/mol. The minimum absolute atomic E-state index is 0.119. The van der Waals surface area contributed by atoms with Crippen LogP contribution in [0.1, 0.15) is 12.5 Å². The Kier molecular flexibility index (Phi) is 4.49. The van der Waals surface area contributed by atoms with E-state index in [1.807, 2.05) is 17.9 Å². The summed E-state index contributed by atoms with van der Waals surface area (Å²) in [6.07, 6.45) is 0.334. The van der Waals surface area contributed by atoms with Crippen LogP contribution in [0, 0.1) is 0 Å². The molecule has 1 aliphatic heterocycles. The Balaban J connectivity index is 2.06. The number of hydrogen-bond donors (Lipinski definition) is 1. The van der Waals surface area contributed by atoms with Crippen LogP contribution in [0.4, 0.5) is 0 Å². The highest BCUT2D eigenvalue weighted by atomic mass is 35.5. The molecule has 5 heteroatoms. The number of benzene rings is 1. The lowest BCUT2D eigenvalue weighted by Crippen LogP contribution is -2.52. The average Bonchev–Trinajstić information content (AvgIpc) is 2.33. The van der Waals surface area contributed by atoms with Gasteiger partial charge in [0.1, 0.15) is 0 Å². The minimum atomic E-state index is 0.119. The van der Waals surface area contributed by atoms with E-state index >= 15 is 0 Å². The molecule has 0 aliphatic carbocycles. The summed E-state index contributed by atoms with van der Waals surface area (Å²) in [5.74, 6) is 0.119. The molecule has 1 saturated heterocycles. The van der Waals surface area contributed by atoms with E-state index in [4.69, 9.17) is 23.2 Å². The predicted molar refractivity (Wildman–Crippen MR) is 74.2 cm³/mol. The molecule has 1 aromatic rings. The molecule has 0 aromatic heterocycles. The van der Waals surface area contributed by atoms with Crippen molar-refractivity contribution in [3.63, 3.8) is 0 Å². The van der Waals surface area contributed by atoms with E-state index < -0.39 is 0 Å². The largest absolute Gasteiger partial charge is 0.337 e. The van der Waals surface area contributed by atoms with Crippen LogP contribution in [0.15, 0.2) is 18.2 Å². The van der Waals surface area contributed by atoms with Gasteiger partial charge in [0.25, 0.3) is 0 Å². The molecular formula is C13H16Cl2N2O. The summed E-state index contributed by atoms with van der Waals surface area (Å²) in [4.78, 5) is 14.1. The van der Waals surface area contributed by atoms with Crippen LogP contribution < -0.4 is 5.32 Å². The number of hydrogen-bond acceptors (Lipinski definition) is 2. The van der Waals surface area contributed by atoms with E-state index in [-0.39, 0.29) is 11.9 Å². The molecule has 1 aromatic carbocycles. The molecule has 0 saturated carbocycles. The highest BCUT2D eigenvalue weighted by Gasteiger charge is 2.23. The number of nitrogens with zero attached hydrogens (tertiary/aromatic N) is 1. The summed E-state index contributed by atoms with van der Waals surface area (Å²) < 4.78 is 0. The van der Waals surface area contributed by atoms with Crippen molar-refractivity contribution in [3.8, 4) is 0 Å². The predicted octanol–water partition coefficient (Wildman–Crippen LogP) is 2.36. The van der Waals surface area contributed by atoms with Crippen molar-refractivity contribution in [3.05, 3.63) is 33.8 Å². The molecule has 98 valence electrons. The Morgan fingerprint density at radius 3 is 2.94 bits per heavy atom. The maximum absolute atomic E-state index is 12.2. The van der Waals surface area contributed by atoms with Gasteiger partial charge in [0.05, 0.1) is 6.42 Å². The van der Waals surface area contributed by atoms with Gasteiger partial charge in [-0.1, -0.05) is 29.3 Å². The van der Waals surface area contributed by atoms with Crippen LogP contribution in [-0.2, 0) is 11.2 Å². The topological polar surface area (TPSA) is 32.3 Å². The summed E-state index contributed by atoms with van der Waals surface area (Å²) >= 11 is 11.9. The Morgan fingerprint density at radius 2 is 2.28 bits per heavy atom. The molecule has 0 radical (unpaired) electrons. The van der Waals surface area contributed by atoms with E-state index in [9.17, 15) is 4.79 Å². The number of nitrogens with one attached hydrogen (secondary N) is 1. The SMILES string of the molecule is CC1CNCCN1C(=O)Cc1ccc(Cl)cc1Cl. The van der Waals surface area contributed by atoms with Crippen LogP contribution >= 0.6 is 23.2 Å². The number of halogens is 2. The van der Waals surface area contributed by atoms with E-state index in [2.05, 4.69) is 5.32 Å². The van der Waals surface area contributed by atoms with Crippen molar-refractivity contribution in [2.45, 2.75) is 19.4 Å². The Hall–Kier alpha value is -0.770. The summed E-state index contributed by atoms with van der Waals surface area (Å²) in [6.45, 7) is 4.50. The Bertz CT molecular complexity index is 451. The van der Waals surface area contributed by atoms with Gasteiger partial charge < -0.3 is 10.2 Å². The first-order valence-electron chi connectivity index (χ1n) is 6.02. The van der Waals surface area contributed by atoms with Crippen LogP contribution in [0.5, 0.6) is 0 Å². The fourth-order valence-corrected chi connectivity index (χ4v) is 2.62. The summed E-state index contributed by atoms with van der Waals surface area (Å²) in [5, 5.41) is 4.41. The van der Waals surface area contributed by atoms with E-state index in [1.54, 1.807) is 12.1 Å². The summed E-state index contributed by atoms with van der Waals surface area (Å²) in [5.41, 5.74) is 0.830. The first kappa shape index (κ1) is 13.7. The highest BCUT2D eigenvalue weighted by Crippen LogP contribution is 2.22. The third-order valence-corrected chi connectivity index (χ3v) is 3.77. The zero-order valence-electron chi connectivity index (χ0n) is 10.2. The Labute approximate surface area is 117 Å². The normalized spacial score (nSPS) is 19.9. The second-order valence-electron chi connectivity index (χ2n) is 4.55.